The molecule has 0 atom stereocenters. The van der Waals surface area contributed by atoms with E-state index in [0.717, 1.165) is 36.1 Å². The van der Waals surface area contributed by atoms with Gasteiger partial charge < -0.3 is 14.8 Å². The van der Waals surface area contributed by atoms with E-state index in [1.54, 1.807) is 12.1 Å². The van der Waals surface area contributed by atoms with Crippen LogP contribution in [0.4, 0.5) is 5.00 Å². The van der Waals surface area contributed by atoms with E-state index in [-0.39, 0.29) is 5.57 Å². The van der Waals surface area contributed by atoms with E-state index in [1.807, 2.05) is 6.07 Å². The van der Waals surface area contributed by atoms with Crippen LogP contribution in [0.5, 0.6) is 11.5 Å². The summed E-state index contributed by atoms with van der Waals surface area (Å²) < 4.78 is 11.2. The monoisotopic (exact) mass is 471 g/mol. The summed E-state index contributed by atoms with van der Waals surface area (Å²) in [6, 6.07) is 7.53. The molecule has 0 saturated carbocycles. The van der Waals surface area contributed by atoms with Crippen molar-refractivity contribution in [2.75, 3.05) is 19.5 Å². The maximum absolute atomic E-state index is 12.7. The van der Waals surface area contributed by atoms with Gasteiger partial charge in [-0.2, -0.15) is 10.5 Å². The van der Waals surface area contributed by atoms with Crippen molar-refractivity contribution in [2.45, 2.75) is 25.7 Å². The highest BCUT2D eigenvalue weighted by Gasteiger charge is 2.23. The van der Waals surface area contributed by atoms with Crippen LogP contribution in [-0.2, 0) is 17.6 Å². The molecular formula is C21H18BrN3O3S. The Bertz CT molecular complexity index is 1080. The van der Waals surface area contributed by atoms with Gasteiger partial charge in [-0.15, -0.1) is 11.3 Å². The quantitative estimate of drug-likeness (QED) is 0.497. The van der Waals surface area contributed by atoms with Crippen LogP contribution in [0, 0.1) is 22.7 Å². The van der Waals surface area contributed by atoms with Crippen molar-refractivity contribution in [3.63, 3.8) is 0 Å². The highest BCUT2D eigenvalue weighted by molar-refractivity contribution is 9.10. The molecule has 1 heterocycles. The second kappa shape index (κ2) is 9.13. The first kappa shape index (κ1) is 20.9. The van der Waals surface area contributed by atoms with Crippen molar-refractivity contribution in [2.24, 2.45) is 0 Å². The van der Waals surface area contributed by atoms with Crippen LogP contribution in [-0.4, -0.2) is 20.1 Å². The minimum atomic E-state index is -0.552. The Morgan fingerprint density at radius 2 is 1.90 bits per heavy atom. The fourth-order valence-electron chi connectivity index (χ4n) is 3.23. The van der Waals surface area contributed by atoms with Gasteiger partial charge in [0, 0.05) is 9.35 Å². The summed E-state index contributed by atoms with van der Waals surface area (Å²) in [6.45, 7) is 0. The number of carbonyl (C=O) groups is 1. The van der Waals surface area contributed by atoms with Crippen LogP contribution < -0.4 is 14.8 Å². The number of nitriles is 2. The second-order valence-corrected chi connectivity index (χ2v) is 8.34. The van der Waals surface area contributed by atoms with E-state index >= 15 is 0 Å². The number of halogens is 1. The SMILES string of the molecule is COc1cc(Br)c(/C=C(\C#N)C(=O)Nc2sc3c(c2C#N)CCCC3)cc1OC. The normalized spacial score (nSPS) is 13.1. The molecule has 1 aromatic heterocycles. The molecule has 6 nitrogen and oxygen atoms in total. The van der Waals surface area contributed by atoms with Gasteiger partial charge in [0.15, 0.2) is 11.5 Å². The molecule has 0 bridgehead atoms. The van der Waals surface area contributed by atoms with E-state index < -0.39 is 5.91 Å². The van der Waals surface area contributed by atoms with Crippen LogP contribution in [0.3, 0.4) is 0 Å². The molecule has 0 saturated heterocycles. The Labute approximate surface area is 181 Å². The average Bonchev–Trinajstić information content (AvgIpc) is 3.09. The van der Waals surface area contributed by atoms with Crippen molar-refractivity contribution < 1.29 is 14.3 Å². The lowest BCUT2D eigenvalue weighted by atomic mass is 9.96. The molecule has 2 aromatic rings. The Kier molecular flexibility index (Phi) is 6.58. The molecule has 29 heavy (non-hydrogen) atoms. The summed E-state index contributed by atoms with van der Waals surface area (Å²) in [7, 11) is 3.04. The number of nitrogens with one attached hydrogen (secondary N) is 1. The van der Waals surface area contributed by atoms with Crippen LogP contribution in [0.15, 0.2) is 22.2 Å². The minimum absolute atomic E-state index is 0.0758. The number of hydrogen-bond acceptors (Lipinski definition) is 6. The number of amides is 1. The number of fused-ring (bicyclic) bond motifs is 1. The summed E-state index contributed by atoms with van der Waals surface area (Å²) in [5, 5.41) is 22.3. The van der Waals surface area contributed by atoms with E-state index in [9.17, 15) is 15.3 Å². The summed E-state index contributed by atoms with van der Waals surface area (Å²) in [5.74, 6) is 0.462. The lowest BCUT2D eigenvalue weighted by Crippen LogP contribution is -2.13. The molecule has 1 amide bonds. The third-order valence-corrected chi connectivity index (χ3v) is 6.57. The standard InChI is InChI=1S/C21H18BrN3O3S/c1-27-17-8-12(16(22)9-18(17)28-2)7-13(10-23)20(26)25-21-15(11-24)14-5-3-4-6-19(14)29-21/h7-9H,3-6H2,1-2H3,(H,25,26)/b13-7+. The van der Waals surface area contributed by atoms with Crippen molar-refractivity contribution in [1.82, 2.24) is 0 Å². The maximum atomic E-state index is 12.7. The molecule has 148 valence electrons. The Morgan fingerprint density at radius 3 is 2.55 bits per heavy atom. The zero-order valence-electron chi connectivity index (χ0n) is 16.0. The molecule has 8 heteroatoms. The summed E-state index contributed by atoms with van der Waals surface area (Å²) in [6.07, 6.45) is 5.38. The summed E-state index contributed by atoms with van der Waals surface area (Å²) in [4.78, 5) is 13.9. The van der Waals surface area contributed by atoms with Crippen LogP contribution >= 0.6 is 27.3 Å². The average molecular weight is 472 g/mol. The first-order valence-electron chi connectivity index (χ1n) is 8.91. The largest absolute Gasteiger partial charge is 0.493 e. The number of carbonyl (C=O) groups excluding carboxylic acids is 1. The van der Waals surface area contributed by atoms with Crippen LogP contribution in [0.25, 0.3) is 6.08 Å². The van der Waals surface area contributed by atoms with Gasteiger partial charge in [0.1, 0.15) is 22.7 Å². The third-order valence-electron chi connectivity index (χ3n) is 4.68. The summed E-state index contributed by atoms with van der Waals surface area (Å²) >= 11 is 4.85. The number of aryl methyl sites for hydroxylation is 1. The lowest BCUT2D eigenvalue weighted by Gasteiger charge is -2.10. The van der Waals surface area contributed by atoms with E-state index in [4.69, 9.17) is 9.47 Å². The fraction of sp³-hybridized carbons (Fsp3) is 0.286. The topological polar surface area (TPSA) is 95.1 Å². The molecule has 1 aromatic carbocycles. The smallest absolute Gasteiger partial charge is 0.266 e. The zero-order valence-corrected chi connectivity index (χ0v) is 18.4. The van der Waals surface area contributed by atoms with Crippen LogP contribution in [0.2, 0.25) is 0 Å². The number of ether oxygens (including phenoxy) is 2. The molecule has 0 unspecified atom stereocenters. The molecule has 1 N–H and O–H groups in total. The molecule has 0 spiro atoms. The number of methoxy groups -OCH3 is 2. The second-order valence-electron chi connectivity index (χ2n) is 6.38. The molecule has 3 rings (SSSR count). The molecule has 1 aliphatic carbocycles. The van der Waals surface area contributed by atoms with Crippen molar-refractivity contribution in [1.29, 1.82) is 10.5 Å². The first-order chi connectivity index (χ1) is 14.0. The molecule has 1 aliphatic rings. The molecule has 0 aliphatic heterocycles. The van der Waals surface area contributed by atoms with Gasteiger partial charge in [-0.25, -0.2) is 0 Å². The zero-order chi connectivity index (χ0) is 21.0. The highest BCUT2D eigenvalue weighted by atomic mass is 79.9. The fourth-order valence-corrected chi connectivity index (χ4v) is 4.90. The van der Waals surface area contributed by atoms with Gasteiger partial charge in [-0.1, -0.05) is 15.9 Å². The lowest BCUT2D eigenvalue weighted by molar-refractivity contribution is -0.112. The van der Waals surface area contributed by atoms with Crippen molar-refractivity contribution in [3.8, 4) is 23.6 Å². The Hall–Kier alpha value is -2.81. The highest BCUT2D eigenvalue weighted by Crippen LogP contribution is 2.38. The van der Waals surface area contributed by atoms with E-state index in [2.05, 4.69) is 27.3 Å². The van der Waals surface area contributed by atoms with Gasteiger partial charge in [-0.05, 0) is 55.0 Å². The van der Waals surface area contributed by atoms with Gasteiger partial charge >= 0.3 is 0 Å². The van der Waals surface area contributed by atoms with Gasteiger partial charge in [0.25, 0.3) is 5.91 Å². The van der Waals surface area contributed by atoms with Gasteiger partial charge in [0.2, 0.25) is 0 Å². The predicted molar refractivity (Wildman–Crippen MR) is 115 cm³/mol. The number of anilines is 1. The van der Waals surface area contributed by atoms with E-state index in [0.29, 0.717) is 32.1 Å². The summed E-state index contributed by atoms with van der Waals surface area (Å²) in [5.41, 5.74) is 2.07. The Balaban J connectivity index is 1.92. The third kappa shape index (κ3) is 4.29. The van der Waals surface area contributed by atoms with Gasteiger partial charge in [-0.3, -0.25) is 4.79 Å². The molecule has 0 radical (unpaired) electrons. The number of benzene rings is 1. The number of thiophene rings is 1. The Morgan fingerprint density at radius 1 is 1.21 bits per heavy atom. The number of hydrogen-bond donors (Lipinski definition) is 1. The minimum Gasteiger partial charge on any atom is -0.493 e. The molecule has 0 fully saturated rings. The first-order valence-corrected chi connectivity index (χ1v) is 10.5. The number of nitrogens with zero attached hydrogens (tertiary/aromatic N) is 2. The van der Waals surface area contributed by atoms with Gasteiger partial charge in [0.05, 0.1) is 19.8 Å². The maximum Gasteiger partial charge on any atom is 0.266 e. The van der Waals surface area contributed by atoms with E-state index in [1.165, 1.54) is 31.6 Å². The number of rotatable bonds is 5. The van der Waals surface area contributed by atoms with Crippen LogP contribution in [0.1, 0.15) is 34.4 Å². The van der Waals surface area contributed by atoms with Crippen molar-refractivity contribution in [3.05, 3.63) is 43.7 Å². The predicted octanol–water partition coefficient (Wildman–Crippen LogP) is 4.82. The van der Waals surface area contributed by atoms with Crippen molar-refractivity contribution >= 4 is 44.3 Å². The molecular weight excluding hydrogens is 454 g/mol.